The summed E-state index contributed by atoms with van der Waals surface area (Å²) in [5.41, 5.74) is 0.677. The molecule has 2 aromatic heterocycles. The molecular weight excluding hydrogens is 372 g/mol. The van der Waals surface area contributed by atoms with E-state index >= 15 is 0 Å². The maximum atomic E-state index is 11.2. The Hall–Kier alpha value is -3.19. The molecule has 0 unspecified atom stereocenters. The number of nitrogens with one attached hydrogen (secondary N) is 1. The number of hydrogen-bond donors (Lipinski definition) is 4. The van der Waals surface area contributed by atoms with Gasteiger partial charge in [-0.25, -0.2) is 15.0 Å². The van der Waals surface area contributed by atoms with Gasteiger partial charge in [0.05, 0.1) is 17.9 Å². The average molecular weight is 388 g/mol. The number of anilines is 2. The molecule has 12 nitrogen and oxygen atoms in total. The lowest BCUT2D eigenvalue weighted by atomic mass is 10.1. The number of fused-ring (bicyclic) bond motifs is 1. The van der Waals surface area contributed by atoms with Crippen molar-refractivity contribution >= 4 is 28.4 Å². The van der Waals surface area contributed by atoms with Gasteiger partial charge in [-0.05, 0) is 6.07 Å². The minimum atomic E-state index is -1.30. The second-order valence-electron chi connectivity index (χ2n) is 6.17. The number of nitro groups is 1. The van der Waals surface area contributed by atoms with E-state index in [4.69, 9.17) is 4.74 Å². The van der Waals surface area contributed by atoms with Gasteiger partial charge in [-0.2, -0.15) is 0 Å². The van der Waals surface area contributed by atoms with Gasteiger partial charge in [-0.1, -0.05) is 12.1 Å². The van der Waals surface area contributed by atoms with Crippen molar-refractivity contribution in [2.45, 2.75) is 24.5 Å². The summed E-state index contributed by atoms with van der Waals surface area (Å²) in [7, 11) is 0. The maximum Gasteiger partial charge on any atom is 0.292 e. The molecule has 12 heteroatoms. The van der Waals surface area contributed by atoms with E-state index < -0.39 is 36.1 Å². The molecule has 1 saturated heterocycles. The molecule has 0 radical (unpaired) electrons. The number of nitrogens with zero attached hydrogens (tertiary/aromatic N) is 5. The summed E-state index contributed by atoms with van der Waals surface area (Å²) >= 11 is 0. The van der Waals surface area contributed by atoms with Gasteiger partial charge >= 0.3 is 0 Å². The topological polar surface area (TPSA) is 169 Å². The number of imidazole rings is 1. The van der Waals surface area contributed by atoms with Crippen LogP contribution in [0.25, 0.3) is 11.2 Å². The first-order valence-electron chi connectivity index (χ1n) is 8.31. The van der Waals surface area contributed by atoms with Crippen LogP contribution in [0, 0.1) is 10.1 Å². The fraction of sp³-hybridized carbons (Fsp3) is 0.312. The Morgan fingerprint density at radius 2 is 2.00 bits per heavy atom. The molecule has 1 aromatic carbocycles. The summed E-state index contributed by atoms with van der Waals surface area (Å²) in [5, 5.41) is 43.5. The van der Waals surface area contributed by atoms with Crippen LogP contribution in [-0.4, -0.2) is 64.7 Å². The first-order chi connectivity index (χ1) is 13.5. The number of aromatic nitrogens is 4. The lowest BCUT2D eigenvalue weighted by Gasteiger charge is -2.16. The summed E-state index contributed by atoms with van der Waals surface area (Å²) in [4.78, 5) is 23.1. The Bertz CT molecular complexity index is 1030. The Morgan fingerprint density at radius 1 is 1.21 bits per heavy atom. The Morgan fingerprint density at radius 3 is 2.71 bits per heavy atom. The van der Waals surface area contributed by atoms with Crippen molar-refractivity contribution in [2.75, 3.05) is 11.9 Å². The maximum absolute atomic E-state index is 11.2. The van der Waals surface area contributed by atoms with Crippen molar-refractivity contribution < 1.29 is 25.0 Å². The largest absolute Gasteiger partial charge is 0.394 e. The molecule has 4 rings (SSSR count). The summed E-state index contributed by atoms with van der Waals surface area (Å²) in [6.45, 7) is -0.458. The number of aliphatic hydroxyl groups excluding tert-OH is 3. The Kier molecular flexibility index (Phi) is 4.60. The zero-order valence-electron chi connectivity index (χ0n) is 14.3. The highest BCUT2D eigenvalue weighted by atomic mass is 16.6. The fourth-order valence-corrected chi connectivity index (χ4v) is 3.11. The van der Waals surface area contributed by atoms with Crippen LogP contribution >= 0.6 is 0 Å². The third kappa shape index (κ3) is 2.93. The van der Waals surface area contributed by atoms with Crippen molar-refractivity contribution in [3.05, 3.63) is 47.0 Å². The summed E-state index contributed by atoms with van der Waals surface area (Å²) in [6.07, 6.45) is -1.92. The van der Waals surface area contributed by atoms with Gasteiger partial charge in [0.1, 0.15) is 30.3 Å². The number of hydrogen-bond acceptors (Lipinski definition) is 10. The smallest absolute Gasteiger partial charge is 0.292 e. The van der Waals surface area contributed by atoms with Gasteiger partial charge in [-0.15, -0.1) is 0 Å². The first-order valence-corrected chi connectivity index (χ1v) is 8.31. The molecule has 0 spiro atoms. The molecule has 1 aliphatic rings. The molecule has 0 saturated carbocycles. The highest BCUT2D eigenvalue weighted by Gasteiger charge is 2.44. The standard InChI is InChI=1S/C16H16N6O6/c23-5-10-12(24)13(25)16(28-10)21-7-19-11-14(17-6-18-15(11)21)20-8-3-1-2-4-9(8)22(26)27/h1-4,6-7,10,12-13,16,23-25H,5H2,(H,17,18,20)/t10-,12-,13-,16-/m1/s1. The summed E-state index contributed by atoms with van der Waals surface area (Å²) in [5.74, 6) is 0.227. The molecule has 0 bridgehead atoms. The van der Waals surface area contributed by atoms with Crippen molar-refractivity contribution in [2.24, 2.45) is 0 Å². The highest BCUT2D eigenvalue weighted by Crippen LogP contribution is 2.33. The molecule has 28 heavy (non-hydrogen) atoms. The number of ether oxygens (including phenoxy) is 1. The third-order valence-corrected chi connectivity index (χ3v) is 4.50. The number of aliphatic hydroxyl groups is 3. The van der Waals surface area contributed by atoms with Crippen molar-refractivity contribution in [3.8, 4) is 0 Å². The molecular formula is C16H16N6O6. The van der Waals surface area contributed by atoms with Gasteiger partial charge in [0, 0.05) is 6.07 Å². The SMILES string of the molecule is O=[N+]([O-])c1ccccc1Nc1ncnc2c1ncn2[C@@H]1O[C@H](CO)[C@@H](O)[C@H]1O. The molecule has 3 heterocycles. The number of para-hydroxylation sites is 2. The van der Waals surface area contributed by atoms with E-state index in [-0.39, 0.29) is 22.8 Å². The van der Waals surface area contributed by atoms with Crippen LogP contribution in [-0.2, 0) is 4.74 Å². The van der Waals surface area contributed by atoms with Crippen LogP contribution in [0.5, 0.6) is 0 Å². The molecule has 1 fully saturated rings. The van der Waals surface area contributed by atoms with Crippen LogP contribution in [0.2, 0.25) is 0 Å². The van der Waals surface area contributed by atoms with E-state index in [0.717, 1.165) is 0 Å². The molecule has 146 valence electrons. The van der Waals surface area contributed by atoms with Gasteiger partial charge in [0.15, 0.2) is 23.2 Å². The van der Waals surface area contributed by atoms with Gasteiger partial charge < -0.3 is 25.4 Å². The quantitative estimate of drug-likeness (QED) is 0.347. The lowest BCUT2D eigenvalue weighted by Crippen LogP contribution is -2.33. The zero-order chi connectivity index (χ0) is 19.8. The Balaban J connectivity index is 1.71. The molecule has 0 amide bonds. The minimum Gasteiger partial charge on any atom is -0.394 e. The Labute approximate surface area is 157 Å². The average Bonchev–Trinajstić information content (AvgIpc) is 3.24. The van der Waals surface area contributed by atoms with E-state index in [2.05, 4.69) is 20.3 Å². The second-order valence-corrected chi connectivity index (χ2v) is 6.17. The summed E-state index contributed by atoms with van der Waals surface area (Å²) < 4.78 is 6.91. The van der Waals surface area contributed by atoms with Gasteiger partial charge in [0.2, 0.25) is 0 Å². The normalized spacial score (nSPS) is 24.5. The zero-order valence-corrected chi connectivity index (χ0v) is 14.3. The van der Waals surface area contributed by atoms with Gasteiger partial charge in [-0.3, -0.25) is 14.7 Å². The molecule has 3 aromatic rings. The van der Waals surface area contributed by atoms with E-state index in [0.29, 0.717) is 5.52 Å². The number of nitro benzene ring substituents is 1. The van der Waals surface area contributed by atoms with Crippen LogP contribution in [0.1, 0.15) is 6.23 Å². The molecule has 4 N–H and O–H groups in total. The monoisotopic (exact) mass is 388 g/mol. The first kappa shape index (κ1) is 18.2. The molecule has 4 atom stereocenters. The molecule has 1 aliphatic heterocycles. The summed E-state index contributed by atoms with van der Waals surface area (Å²) in [6, 6.07) is 6.09. The number of benzene rings is 1. The van der Waals surface area contributed by atoms with Crippen LogP contribution in [0.4, 0.5) is 17.2 Å². The number of rotatable bonds is 5. The van der Waals surface area contributed by atoms with E-state index in [9.17, 15) is 25.4 Å². The van der Waals surface area contributed by atoms with Crippen LogP contribution in [0.3, 0.4) is 0 Å². The predicted molar refractivity (Wildman–Crippen MR) is 94.7 cm³/mol. The van der Waals surface area contributed by atoms with E-state index in [1.165, 1.54) is 29.4 Å². The second kappa shape index (κ2) is 7.09. The van der Waals surface area contributed by atoms with E-state index in [1.807, 2.05) is 0 Å². The lowest BCUT2D eigenvalue weighted by molar-refractivity contribution is -0.383. The fourth-order valence-electron chi connectivity index (χ4n) is 3.11. The third-order valence-electron chi connectivity index (χ3n) is 4.50. The van der Waals surface area contributed by atoms with Crippen molar-refractivity contribution in [1.29, 1.82) is 0 Å². The van der Waals surface area contributed by atoms with E-state index in [1.54, 1.807) is 12.1 Å². The minimum absolute atomic E-state index is 0.128. The van der Waals surface area contributed by atoms with Crippen LogP contribution in [0.15, 0.2) is 36.9 Å². The van der Waals surface area contributed by atoms with Gasteiger partial charge in [0.25, 0.3) is 5.69 Å². The van der Waals surface area contributed by atoms with Crippen molar-refractivity contribution in [1.82, 2.24) is 19.5 Å². The van der Waals surface area contributed by atoms with Crippen LogP contribution < -0.4 is 5.32 Å². The predicted octanol–water partition coefficient (Wildman–Crippen LogP) is 0.0896. The highest BCUT2D eigenvalue weighted by molar-refractivity contribution is 5.86. The van der Waals surface area contributed by atoms with Crippen molar-refractivity contribution in [3.63, 3.8) is 0 Å². The molecule has 0 aliphatic carbocycles.